The molecule has 0 unspecified atom stereocenters. The Morgan fingerprint density at radius 1 is 1.14 bits per heavy atom. The molecular formula is C19H21N3. The van der Waals surface area contributed by atoms with Crippen molar-refractivity contribution in [3.8, 4) is 17.2 Å². The van der Waals surface area contributed by atoms with E-state index in [4.69, 9.17) is 5.73 Å². The second-order valence-corrected chi connectivity index (χ2v) is 6.16. The number of benzene rings is 1. The highest BCUT2D eigenvalue weighted by molar-refractivity contribution is 5.81. The lowest BCUT2D eigenvalue weighted by atomic mass is 9.89. The van der Waals surface area contributed by atoms with Gasteiger partial charge in [0.25, 0.3) is 0 Å². The molecule has 0 saturated carbocycles. The van der Waals surface area contributed by atoms with Crippen LogP contribution in [-0.4, -0.2) is 4.98 Å². The van der Waals surface area contributed by atoms with Crippen LogP contribution in [0.4, 0.5) is 5.82 Å². The van der Waals surface area contributed by atoms with Gasteiger partial charge in [-0.2, -0.15) is 5.26 Å². The van der Waals surface area contributed by atoms with Crippen LogP contribution in [0.25, 0.3) is 11.1 Å². The van der Waals surface area contributed by atoms with Crippen LogP contribution in [0.3, 0.4) is 0 Å². The normalized spacial score (nSPS) is 14.0. The molecule has 3 heteroatoms. The van der Waals surface area contributed by atoms with Gasteiger partial charge in [-0.1, -0.05) is 30.2 Å². The van der Waals surface area contributed by atoms with Gasteiger partial charge in [-0.15, -0.1) is 0 Å². The van der Waals surface area contributed by atoms with E-state index < -0.39 is 0 Å². The molecule has 3 nitrogen and oxygen atoms in total. The molecule has 0 amide bonds. The number of rotatable bonds is 1. The van der Waals surface area contributed by atoms with Gasteiger partial charge in [-0.05, 0) is 56.2 Å². The summed E-state index contributed by atoms with van der Waals surface area (Å²) in [6.07, 6.45) is 5.46. The van der Waals surface area contributed by atoms with Gasteiger partial charge in [0.15, 0.2) is 0 Å². The van der Waals surface area contributed by atoms with E-state index in [1.165, 1.54) is 23.1 Å². The number of nitrogen functional groups attached to an aromatic ring is 1. The minimum Gasteiger partial charge on any atom is -0.383 e. The summed E-state index contributed by atoms with van der Waals surface area (Å²) in [5, 5.41) is 9.62. The fourth-order valence-corrected chi connectivity index (χ4v) is 3.35. The number of aromatic nitrogens is 1. The molecule has 3 rings (SSSR count). The van der Waals surface area contributed by atoms with Crippen molar-refractivity contribution in [3.05, 3.63) is 46.1 Å². The lowest BCUT2D eigenvalue weighted by molar-refractivity contribution is 0.709. The van der Waals surface area contributed by atoms with Crippen LogP contribution in [-0.2, 0) is 12.8 Å². The maximum Gasteiger partial charge on any atom is 0.142 e. The first-order chi connectivity index (χ1) is 10.6. The van der Waals surface area contributed by atoms with Crippen molar-refractivity contribution in [2.75, 3.05) is 5.73 Å². The first-order valence-corrected chi connectivity index (χ1v) is 7.90. The van der Waals surface area contributed by atoms with Gasteiger partial charge in [-0.25, -0.2) is 4.98 Å². The number of nitrogens with two attached hydrogens (primary N) is 1. The van der Waals surface area contributed by atoms with E-state index in [-0.39, 0.29) is 0 Å². The van der Waals surface area contributed by atoms with Crippen molar-refractivity contribution in [2.24, 2.45) is 0 Å². The minimum absolute atomic E-state index is 0.374. The summed E-state index contributed by atoms with van der Waals surface area (Å²) < 4.78 is 0. The number of nitriles is 1. The van der Waals surface area contributed by atoms with Crippen molar-refractivity contribution >= 4 is 5.82 Å². The average molecular weight is 291 g/mol. The van der Waals surface area contributed by atoms with Crippen LogP contribution in [0.1, 0.15) is 47.2 Å². The second kappa shape index (κ2) is 5.81. The Labute approximate surface area is 131 Å². The third-order valence-electron chi connectivity index (χ3n) is 4.53. The molecular weight excluding hydrogens is 270 g/mol. The van der Waals surface area contributed by atoms with E-state index in [1.807, 2.05) is 0 Å². The summed E-state index contributed by atoms with van der Waals surface area (Å²) >= 11 is 0. The Morgan fingerprint density at radius 2 is 1.91 bits per heavy atom. The molecule has 0 aliphatic heterocycles. The first-order valence-electron chi connectivity index (χ1n) is 7.90. The predicted octanol–water partition coefficient (Wildman–Crippen LogP) is 4.09. The number of anilines is 1. The van der Waals surface area contributed by atoms with Crippen LogP contribution in [0.2, 0.25) is 0 Å². The van der Waals surface area contributed by atoms with Crippen LogP contribution < -0.4 is 5.73 Å². The molecule has 1 aliphatic rings. The molecule has 1 aromatic heterocycles. The van der Waals surface area contributed by atoms with Crippen molar-refractivity contribution in [3.63, 3.8) is 0 Å². The van der Waals surface area contributed by atoms with E-state index in [2.05, 4.69) is 43.1 Å². The molecule has 0 fully saturated rings. The van der Waals surface area contributed by atoms with E-state index in [9.17, 15) is 5.26 Å². The molecule has 0 radical (unpaired) electrons. The summed E-state index contributed by atoms with van der Waals surface area (Å²) in [4.78, 5) is 4.54. The standard InChI is InChI=1S/C19H21N3/c1-12-8-9-13(2)15(10-12)18-14-6-4-3-5-7-17(14)22-19(21)16(18)11-20/h8-10H,3-7H2,1-2H3,(H2,21,22). The quantitative estimate of drug-likeness (QED) is 0.805. The molecule has 1 heterocycles. The highest BCUT2D eigenvalue weighted by Crippen LogP contribution is 2.37. The largest absolute Gasteiger partial charge is 0.383 e. The predicted molar refractivity (Wildman–Crippen MR) is 89.5 cm³/mol. The lowest BCUT2D eigenvalue weighted by Gasteiger charge is -2.17. The van der Waals surface area contributed by atoms with E-state index in [0.29, 0.717) is 11.4 Å². The molecule has 22 heavy (non-hydrogen) atoms. The Hall–Kier alpha value is -2.34. The highest BCUT2D eigenvalue weighted by atomic mass is 14.9. The number of nitrogens with zero attached hydrogens (tertiary/aromatic N) is 2. The maximum atomic E-state index is 9.62. The Morgan fingerprint density at radius 3 is 2.68 bits per heavy atom. The number of pyridine rings is 1. The smallest absolute Gasteiger partial charge is 0.142 e. The Balaban J connectivity index is 2.36. The molecule has 1 aliphatic carbocycles. The van der Waals surface area contributed by atoms with E-state index >= 15 is 0 Å². The van der Waals surface area contributed by atoms with Gasteiger partial charge in [0.1, 0.15) is 17.5 Å². The summed E-state index contributed by atoms with van der Waals surface area (Å²) in [6, 6.07) is 8.68. The van der Waals surface area contributed by atoms with Gasteiger partial charge in [0.05, 0.1) is 0 Å². The van der Waals surface area contributed by atoms with Crippen LogP contribution >= 0.6 is 0 Å². The van der Waals surface area contributed by atoms with Gasteiger partial charge < -0.3 is 5.73 Å². The van der Waals surface area contributed by atoms with E-state index in [1.54, 1.807) is 0 Å². The van der Waals surface area contributed by atoms with Crippen molar-refractivity contribution in [2.45, 2.75) is 46.0 Å². The molecule has 0 spiro atoms. The zero-order valence-corrected chi connectivity index (χ0v) is 13.2. The molecule has 0 bridgehead atoms. The van der Waals surface area contributed by atoms with Gasteiger partial charge >= 0.3 is 0 Å². The fourth-order valence-electron chi connectivity index (χ4n) is 3.35. The second-order valence-electron chi connectivity index (χ2n) is 6.16. The summed E-state index contributed by atoms with van der Waals surface area (Å²) in [6.45, 7) is 4.17. The van der Waals surface area contributed by atoms with Gasteiger partial charge in [0.2, 0.25) is 0 Å². The van der Waals surface area contributed by atoms with Crippen LogP contribution in [0.15, 0.2) is 18.2 Å². The molecule has 2 N–H and O–H groups in total. The minimum atomic E-state index is 0.374. The number of fused-ring (bicyclic) bond motifs is 1. The molecule has 0 atom stereocenters. The molecule has 1 aromatic carbocycles. The maximum absolute atomic E-state index is 9.62. The van der Waals surface area contributed by atoms with Gasteiger partial charge in [-0.3, -0.25) is 0 Å². The zero-order valence-electron chi connectivity index (χ0n) is 13.2. The van der Waals surface area contributed by atoms with E-state index in [0.717, 1.165) is 42.5 Å². The SMILES string of the molecule is Cc1ccc(C)c(-c2c(C#N)c(N)nc3c2CCCCC3)c1. The van der Waals surface area contributed by atoms with Crippen LogP contribution in [0.5, 0.6) is 0 Å². The fraction of sp³-hybridized carbons (Fsp3) is 0.368. The summed E-state index contributed by atoms with van der Waals surface area (Å²) in [5.41, 5.74) is 13.5. The monoisotopic (exact) mass is 291 g/mol. The zero-order chi connectivity index (χ0) is 15.7. The topological polar surface area (TPSA) is 62.7 Å². The third-order valence-corrected chi connectivity index (χ3v) is 4.53. The molecule has 2 aromatic rings. The van der Waals surface area contributed by atoms with Crippen molar-refractivity contribution in [1.29, 1.82) is 5.26 Å². The summed E-state index contributed by atoms with van der Waals surface area (Å²) in [5.74, 6) is 0.374. The Kier molecular flexibility index (Phi) is 3.85. The first kappa shape index (κ1) is 14.6. The number of aryl methyl sites for hydroxylation is 3. The van der Waals surface area contributed by atoms with Crippen molar-refractivity contribution in [1.82, 2.24) is 4.98 Å². The molecule has 0 saturated heterocycles. The van der Waals surface area contributed by atoms with Crippen molar-refractivity contribution < 1.29 is 0 Å². The number of hydrogen-bond donors (Lipinski definition) is 1. The lowest BCUT2D eigenvalue weighted by Crippen LogP contribution is -2.07. The third kappa shape index (κ3) is 2.46. The van der Waals surface area contributed by atoms with Crippen LogP contribution in [0, 0.1) is 25.2 Å². The average Bonchev–Trinajstić information content (AvgIpc) is 2.73. The summed E-state index contributed by atoms with van der Waals surface area (Å²) in [7, 11) is 0. The molecule has 112 valence electrons. The Bertz CT molecular complexity index is 769. The van der Waals surface area contributed by atoms with Gasteiger partial charge in [0, 0.05) is 11.3 Å². The highest BCUT2D eigenvalue weighted by Gasteiger charge is 2.22. The number of hydrogen-bond acceptors (Lipinski definition) is 3.